The topological polar surface area (TPSA) is 73.4 Å². The third kappa shape index (κ3) is 3.40. The molecule has 1 aromatic carbocycles. The third-order valence-corrected chi connectivity index (χ3v) is 2.64. The second-order valence-electron chi connectivity index (χ2n) is 4.21. The fourth-order valence-electron chi connectivity index (χ4n) is 1.70. The summed E-state index contributed by atoms with van der Waals surface area (Å²) in [6, 6.07) is 9.92. The van der Waals surface area contributed by atoms with Gasteiger partial charge in [-0.1, -0.05) is 12.1 Å². The molecule has 0 aliphatic carbocycles. The van der Waals surface area contributed by atoms with Gasteiger partial charge >= 0.3 is 7.12 Å². The van der Waals surface area contributed by atoms with Crippen molar-refractivity contribution in [1.82, 2.24) is 0 Å². The average Bonchev–Trinajstić information content (AvgIpc) is 2.39. The predicted molar refractivity (Wildman–Crippen MR) is 71.8 cm³/mol. The maximum atomic E-state index is 12.0. The number of carbonyl (C=O) groups is 1. The Morgan fingerprint density at radius 3 is 2.74 bits per heavy atom. The van der Waals surface area contributed by atoms with Crippen LogP contribution in [-0.4, -0.2) is 23.1 Å². The Kier molecular flexibility index (Phi) is 3.94. The molecule has 0 fully saturated rings. The molecule has 5 nitrogen and oxygen atoms in total. The standard InChI is InChI=1S/C13H13BN2O3/c1-16-7-3-4-10(9-16)13(17)15-12-6-2-5-11(8-12)14(18)19/h2-9,18-19H,1H3/p+1. The molecule has 0 atom stereocenters. The van der Waals surface area contributed by atoms with Crippen LogP contribution >= 0.6 is 0 Å². The Hall–Kier alpha value is -2.18. The first-order valence-corrected chi connectivity index (χ1v) is 5.79. The van der Waals surface area contributed by atoms with Crippen LogP contribution < -0.4 is 15.3 Å². The van der Waals surface area contributed by atoms with Crippen molar-refractivity contribution in [2.75, 3.05) is 5.32 Å². The van der Waals surface area contributed by atoms with Crippen molar-refractivity contribution in [3.63, 3.8) is 0 Å². The highest BCUT2D eigenvalue weighted by Gasteiger charge is 2.13. The van der Waals surface area contributed by atoms with Gasteiger partial charge in [0.15, 0.2) is 12.4 Å². The van der Waals surface area contributed by atoms with E-state index >= 15 is 0 Å². The minimum Gasteiger partial charge on any atom is -0.423 e. The maximum absolute atomic E-state index is 12.0. The largest absolute Gasteiger partial charge is 0.488 e. The number of rotatable bonds is 3. The lowest BCUT2D eigenvalue weighted by Crippen LogP contribution is -2.30. The van der Waals surface area contributed by atoms with Crippen molar-refractivity contribution in [2.45, 2.75) is 0 Å². The van der Waals surface area contributed by atoms with E-state index in [2.05, 4.69) is 5.32 Å². The van der Waals surface area contributed by atoms with E-state index in [1.807, 2.05) is 13.2 Å². The Bertz CT molecular complexity index is 602. The van der Waals surface area contributed by atoms with Crippen molar-refractivity contribution in [2.24, 2.45) is 7.05 Å². The average molecular weight is 257 g/mol. The molecule has 19 heavy (non-hydrogen) atoms. The molecular formula is C13H14BN2O3+. The van der Waals surface area contributed by atoms with Crippen molar-refractivity contribution in [3.8, 4) is 0 Å². The second kappa shape index (κ2) is 5.64. The summed E-state index contributed by atoms with van der Waals surface area (Å²) in [7, 11) is 0.283. The minimum atomic E-state index is -1.55. The molecule has 96 valence electrons. The van der Waals surface area contributed by atoms with Gasteiger partial charge in [0.2, 0.25) is 0 Å². The summed E-state index contributed by atoms with van der Waals surface area (Å²) in [5.74, 6) is -0.249. The zero-order valence-corrected chi connectivity index (χ0v) is 10.4. The molecule has 2 rings (SSSR count). The number of carbonyl (C=O) groups excluding carboxylic acids is 1. The second-order valence-corrected chi connectivity index (χ2v) is 4.21. The molecule has 1 amide bonds. The van der Waals surface area contributed by atoms with Gasteiger partial charge in [-0.05, 0) is 23.7 Å². The Morgan fingerprint density at radius 1 is 1.26 bits per heavy atom. The Morgan fingerprint density at radius 2 is 2.05 bits per heavy atom. The van der Waals surface area contributed by atoms with Crippen LogP contribution in [0.1, 0.15) is 10.4 Å². The van der Waals surface area contributed by atoms with Gasteiger partial charge in [0.25, 0.3) is 5.91 Å². The molecule has 0 saturated heterocycles. The fraction of sp³-hybridized carbons (Fsp3) is 0.0769. The third-order valence-electron chi connectivity index (χ3n) is 2.64. The van der Waals surface area contributed by atoms with E-state index in [1.165, 1.54) is 6.07 Å². The molecule has 1 heterocycles. The first-order chi connectivity index (χ1) is 9.06. The van der Waals surface area contributed by atoms with E-state index in [-0.39, 0.29) is 5.91 Å². The first kappa shape index (κ1) is 13.3. The monoisotopic (exact) mass is 257 g/mol. The molecule has 1 aromatic heterocycles. The molecule has 0 aliphatic heterocycles. The maximum Gasteiger partial charge on any atom is 0.488 e. The summed E-state index contributed by atoms with van der Waals surface area (Å²) in [5.41, 5.74) is 1.37. The summed E-state index contributed by atoms with van der Waals surface area (Å²) in [6.07, 6.45) is 3.54. The number of anilines is 1. The Balaban J connectivity index is 2.17. The number of hydrogen-bond donors (Lipinski definition) is 3. The summed E-state index contributed by atoms with van der Waals surface area (Å²) >= 11 is 0. The van der Waals surface area contributed by atoms with E-state index in [1.54, 1.807) is 41.1 Å². The minimum absolute atomic E-state index is 0.249. The van der Waals surface area contributed by atoms with Gasteiger partial charge < -0.3 is 15.4 Å². The first-order valence-electron chi connectivity index (χ1n) is 5.79. The highest BCUT2D eigenvalue weighted by atomic mass is 16.4. The van der Waals surface area contributed by atoms with E-state index in [9.17, 15) is 4.79 Å². The van der Waals surface area contributed by atoms with Gasteiger partial charge in [-0.2, -0.15) is 0 Å². The summed E-state index contributed by atoms with van der Waals surface area (Å²) in [6.45, 7) is 0. The highest BCUT2D eigenvalue weighted by molar-refractivity contribution is 6.58. The molecule has 0 aliphatic rings. The lowest BCUT2D eigenvalue weighted by Gasteiger charge is -2.06. The number of aromatic nitrogens is 1. The number of nitrogens with one attached hydrogen (secondary N) is 1. The zero-order chi connectivity index (χ0) is 13.8. The Labute approximate surface area is 111 Å². The van der Waals surface area contributed by atoms with Crippen molar-refractivity contribution in [1.29, 1.82) is 0 Å². The van der Waals surface area contributed by atoms with Crippen molar-refractivity contribution < 1.29 is 19.4 Å². The molecule has 0 unspecified atom stereocenters. The van der Waals surface area contributed by atoms with Crippen LogP contribution in [-0.2, 0) is 7.05 Å². The number of aryl methyl sites for hydroxylation is 1. The molecule has 0 spiro atoms. The predicted octanol–water partition coefficient (Wildman–Crippen LogP) is -0.557. The SMILES string of the molecule is C[n+]1cccc(C(=O)Nc2cccc(B(O)O)c2)c1. The molecular weight excluding hydrogens is 243 g/mol. The molecule has 0 radical (unpaired) electrons. The van der Waals surface area contributed by atoms with Crippen molar-refractivity contribution >= 4 is 24.2 Å². The molecule has 6 heteroatoms. The van der Waals surface area contributed by atoms with Crippen molar-refractivity contribution in [3.05, 3.63) is 54.4 Å². The normalized spacial score (nSPS) is 10.1. The number of benzene rings is 1. The van der Waals surface area contributed by atoms with E-state index in [4.69, 9.17) is 10.0 Å². The van der Waals surface area contributed by atoms with Gasteiger partial charge in [0.05, 0.1) is 0 Å². The molecule has 2 aromatic rings. The highest BCUT2D eigenvalue weighted by Crippen LogP contribution is 2.06. The summed E-state index contributed by atoms with van der Waals surface area (Å²) < 4.78 is 1.78. The van der Waals surface area contributed by atoms with Crippen LogP contribution in [0.2, 0.25) is 0 Å². The summed E-state index contributed by atoms with van der Waals surface area (Å²) in [5, 5.41) is 20.9. The van der Waals surface area contributed by atoms with E-state index in [0.29, 0.717) is 16.7 Å². The van der Waals surface area contributed by atoms with Crippen LogP contribution in [0, 0.1) is 0 Å². The molecule has 3 N–H and O–H groups in total. The number of pyridine rings is 1. The molecule has 0 saturated carbocycles. The van der Waals surface area contributed by atoms with Crippen LogP contribution in [0.5, 0.6) is 0 Å². The number of nitrogens with zero attached hydrogens (tertiary/aromatic N) is 1. The quantitative estimate of drug-likeness (QED) is 0.510. The lowest BCUT2D eigenvalue weighted by atomic mass is 9.80. The van der Waals surface area contributed by atoms with Gasteiger partial charge in [-0.3, -0.25) is 4.79 Å². The van der Waals surface area contributed by atoms with Gasteiger partial charge in [0, 0.05) is 11.8 Å². The lowest BCUT2D eigenvalue weighted by molar-refractivity contribution is -0.671. The number of amides is 1. The van der Waals surface area contributed by atoms with E-state index < -0.39 is 7.12 Å². The fourth-order valence-corrected chi connectivity index (χ4v) is 1.70. The van der Waals surface area contributed by atoms with Gasteiger partial charge in [-0.25, -0.2) is 4.57 Å². The van der Waals surface area contributed by atoms with Crippen LogP contribution in [0.15, 0.2) is 48.8 Å². The summed E-state index contributed by atoms with van der Waals surface area (Å²) in [4.78, 5) is 12.0. The van der Waals surface area contributed by atoms with Crippen LogP contribution in [0.4, 0.5) is 5.69 Å². The van der Waals surface area contributed by atoms with Gasteiger partial charge in [0.1, 0.15) is 12.6 Å². The van der Waals surface area contributed by atoms with E-state index in [0.717, 1.165) is 0 Å². The van der Waals surface area contributed by atoms with Crippen LogP contribution in [0.3, 0.4) is 0 Å². The van der Waals surface area contributed by atoms with Crippen LogP contribution in [0.25, 0.3) is 0 Å². The zero-order valence-electron chi connectivity index (χ0n) is 10.4. The smallest absolute Gasteiger partial charge is 0.423 e. The molecule has 0 bridgehead atoms. The number of hydrogen-bond acceptors (Lipinski definition) is 3. The van der Waals surface area contributed by atoms with Gasteiger partial charge in [-0.15, -0.1) is 0 Å².